The van der Waals surface area contributed by atoms with Crippen LogP contribution in [0.2, 0.25) is 0 Å². The lowest BCUT2D eigenvalue weighted by Crippen LogP contribution is -2.37. The van der Waals surface area contributed by atoms with Gasteiger partial charge in [0.15, 0.2) is 16.3 Å². The van der Waals surface area contributed by atoms with Crippen molar-refractivity contribution in [3.63, 3.8) is 0 Å². The predicted octanol–water partition coefficient (Wildman–Crippen LogP) is 1.01. The zero-order chi connectivity index (χ0) is 19.7. The molecule has 0 saturated carbocycles. The minimum atomic E-state index is -0.362. The van der Waals surface area contributed by atoms with Crippen molar-refractivity contribution in [1.29, 1.82) is 0 Å². The zero-order valence-electron chi connectivity index (χ0n) is 16.0. The molecule has 1 aliphatic rings. The third-order valence-electron chi connectivity index (χ3n) is 5.05. The first-order chi connectivity index (χ1) is 13.6. The van der Waals surface area contributed by atoms with Gasteiger partial charge in [0, 0.05) is 51.9 Å². The van der Waals surface area contributed by atoms with Crippen LogP contribution in [0.15, 0.2) is 33.2 Å². The van der Waals surface area contributed by atoms with E-state index in [1.807, 2.05) is 4.57 Å². The second-order valence-electron chi connectivity index (χ2n) is 6.87. The van der Waals surface area contributed by atoms with E-state index in [9.17, 15) is 9.59 Å². The summed E-state index contributed by atoms with van der Waals surface area (Å²) in [5.74, 6) is 1.46. The van der Waals surface area contributed by atoms with Crippen LogP contribution in [-0.2, 0) is 20.6 Å². The number of imidazole rings is 1. The van der Waals surface area contributed by atoms with Crippen LogP contribution in [0.1, 0.15) is 19.3 Å². The van der Waals surface area contributed by atoms with Crippen molar-refractivity contribution >= 4 is 28.9 Å². The minimum absolute atomic E-state index is 0.310. The Bertz CT molecular complexity index is 1100. The van der Waals surface area contributed by atoms with Gasteiger partial charge in [0.25, 0.3) is 5.56 Å². The van der Waals surface area contributed by atoms with Gasteiger partial charge in [-0.05, 0) is 25.3 Å². The number of hydrogen-bond donors (Lipinski definition) is 0. The molecule has 9 nitrogen and oxygen atoms in total. The van der Waals surface area contributed by atoms with Gasteiger partial charge in [-0.1, -0.05) is 11.8 Å². The van der Waals surface area contributed by atoms with E-state index in [2.05, 4.69) is 14.9 Å². The predicted molar refractivity (Wildman–Crippen MR) is 109 cm³/mol. The van der Waals surface area contributed by atoms with E-state index >= 15 is 0 Å². The number of thioether (sulfide) groups is 1. The number of rotatable bonds is 5. The van der Waals surface area contributed by atoms with Crippen molar-refractivity contribution in [3.8, 4) is 0 Å². The average molecular weight is 401 g/mol. The molecule has 1 saturated heterocycles. The summed E-state index contributed by atoms with van der Waals surface area (Å²) < 4.78 is 4.56. The van der Waals surface area contributed by atoms with Crippen molar-refractivity contribution in [1.82, 2.24) is 28.7 Å². The highest BCUT2D eigenvalue weighted by Crippen LogP contribution is 2.24. The molecule has 0 spiro atoms. The molecule has 0 bridgehead atoms. The van der Waals surface area contributed by atoms with E-state index in [4.69, 9.17) is 4.98 Å². The van der Waals surface area contributed by atoms with Crippen molar-refractivity contribution in [2.45, 2.75) is 31.0 Å². The molecule has 4 rings (SSSR count). The molecule has 0 unspecified atom stereocenters. The Morgan fingerprint density at radius 3 is 2.46 bits per heavy atom. The second-order valence-corrected chi connectivity index (χ2v) is 7.93. The number of piperidine rings is 1. The van der Waals surface area contributed by atoms with E-state index in [0.717, 1.165) is 36.4 Å². The highest BCUT2D eigenvalue weighted by atomic mass is 32.2. The fourth-order valence-corrected chi connectivity index (χ4v) is 4.30. The summed E-state index contributed by atoms with van der Waals surface area (Å²) in [5.41, 5.74) is 0.239. The van der Waals surface area contributed by atoms with Crippen molar-refractivity contribution < 1.29 is 0 Å². The average Bonchev–Trinajstić information content (AvgIpc) is 3.12. The quantitative estimate of drug-likeness (QED) is 0.465. The van der Waals surface area contributed by atoms with Crippen LogP contribution in [0.5, 0.6) is 0 Å². The van der Waals surface area contributed by atoms with Gasteiger partial charge in [-0.3, -0.25) is 13.9 Å². The molecule has 0 N–H and O–H groups in total. The molecular weight excluding hydrogens is 378 g/mol. The van der Waals surface area contributed by atoms with Gasteiger partial charge in [0.1, 0.15) is 0 Å². The van der Waals surface area contributed by atoms with Crippen LogP contribution in [0.25, 0.3) is 11.2 Å². The summed E-state index contributed by atoms with van der Waals surface area (Å²) in [6, 6.07) is 1.78. The van der Waals surface area contributed by atoms with Crippen LogP contribution in [0.3, 0.4) is 0 Å². The Hall–Kier alpha value is -2.62. The van der Waals surface area contributed by atoms with Gasteiger partial charge in [-0.15, -0.1) is 0 Å². The van der Waals surface area contributed by atoms with Crippen LogP contribution in [0.4, 0.5) is 5.95 Å². The monoisotopic (exact) mass is 401 g/mol. The maximum Gasteiger partial charge on any atom is 0.332 e. The van der Waals surface area contributed by atoms with Crippen LogP contribution < -0.4 is 16.1 Å². The van der Waals surface area contributed by atoms with Crippen molar-refractivity contribution in [2.24, 2.45) is 14.1 Å². The maximum absolute atomic E-state index is 12.9. The first kappa shape index (κ1) is 18.7. The number of nitrogens with zero attached hydrogens (tertiary/aromatic N) is 7. The number of fused-ring (bicyclic) bond motifs is 1. The maximum atomic E-state index is 12.9. The van der Waals surface area contributed by atoms with Crippen molar-refractivity contribution in [3.05, 3.63) is 39.3 Å². The fourth-order valence-electron chi connectivity index (χ4n) is 3.57. The van der Waals surface area contributed by atoms with Crippen LogP contribution in [0, 0.1) is 0 Å². The first-order valence-corrected chi connectivity index (χ1v) is 10.4. The lowest BCUT2D eigenvalue weighted by molar-refractivity contribution is 0.558. The lowest BCUT2D eigenvalue weighted by Gasteiger charge is -2.28. The van der Waals surface area contributed by atoms with Gasteiger partial charge < -0.3 is 9.47 Å². The Morgan fingerprint density at radius 2 is 1.75 bits per heavy atom. The van der Waals surface area contributed by atoms with Gasteiger partial charge in [0.05, 0.1) is 0 Å². The van der Waals surface area contributed by atoms with E-state index in [1.54, 1.807) is 25.5 Å². The molecule has 1 fully saturated rings. The molecule has 0 aromatic carbocycles. The molecule has 3 aromatic heterocycles. The summed E-state index contributed by atoms with van der Waals surface area (Å²) in [5, 5.41) is 0.701. The largest absolute Gasteiger partial charge is 0.342 e. The Balaban J connectivity index is 1.76. The second kappa shape index (κ2) is 7.78. The molecule has 1 aliphatic heterocycles. The van der Waals surface area contributed by atoms with E-state index in [1.165, 1.54) is 29.8 Å². The SMILES string of the molecule is Cn1c(=O)c2c(nc(N3CCCCC3)n2CCSc2ncccn2)n(C)c1=O. The van der Waals surface area contributed by atoms with Crippen molar-refractivity contribution in [2.75, 3.05) is 23.7 Å². The van der Waals surface area contributed by atoms with E-state index in [0.29, 0.717) is 28.6 Å². The number of aryl methyl sites for hydroxylation is 2. The molecule has 0 amide bonds. The van der Waals surface area contributed by atoms with Gasteiger partial charge in [-0.2, -0.15) is 4.98 Å². The van der Waals surface area contributed by atoms with Gasteiger partial charge in [-0.25, -0.2) is 14.8 Å². The normalized spacial score (nSPS) is 14.7. The van der Waals surface area contributed by atoms with Gasteiger partial charge in [0.2, 0.25) is 5.95 Å². The number of hydrogen-bond acceptors (Lipinski definition) is 7. The molecule has 0 atom stereocenters. The highest BCUT2D eigenvalue weighted by Gasteiger charge is 2.23. The fraction of sp³-hybridized carbons (Fsp3) is 0.500. The molecule has 148 valence electrons. The summed E-state index contributed by atoms with van der Waals surface area (Å²) in [6.45, 7) is 2.40. The third-order valence-corrected chi connectivity index (χ3v) is 5.91. The number of anilines is 1. The summed E-state index contributed by atoms with van der Waals surface area (Å²) >= 11 is 1.53. The summed E-state index contributed by atoms with van der Waals surface area (Å²) in [6.07, 6.45) is 6.84. The highest BCUT2D eigenvalue weighted by molar-refractivity contribution is 7.99. The van der Waals surface area contributed by atoms with Crippen LogP contribution in [-0.4, -0.2) is 47.5 Å². The summed E-state index contributed by atoms with van der Waals surface area (Å²) in [4.78, 5) is 40.6. The Labute approximate surface area is 166 Å². The van der Waals surface area contributed by atoms with Gasteiger partial charge >= 0.3 is 5.69 Å². The molecule has 28 heavy (non-hydrogen) atoms. The minimum Gasteiger partial charge on any atom is -0.342 e. The molecule has 0 aliphatic carbocycles. The standard InChI is InChI=1S/C18H23N7O2S/c1-22-14-13(15(26)23(2)18(22)27)25(11-12-28-16-19-7-6-8-20-16)17(21-14)24-9-4-3-5-10-24/h6-8H,3-5,9-12H2,1-2H3. The number of aromatic nitrogens is 6. The zero-order valence-corrected chi connectivity index (χ0v) is 16.9. The Morgan fingerprint density at radius 1 is 1.04 bits per heavy atom. The molecular formula is C18H23N7O2S. The first-order valence-electron chi connectivity index (χ1n) is 9.39. The third kappa shape index (κ3) is 3.32. The van der Waals surface area contributed by atoms with E-state index < -0.39 is 0 Å². The molecule has 10 heteroatoms. The summed E-state index contributed by atoms with van der Waals surface area (Å²) in [7, 11) is 3.17. The lowest BCUT2D eigenvalue weighted by atomic mass is 10.1. The van der Waals surface area contributed by atoms with Crippen LogP contribution >= 0.6 is 11.8 Å². The van der Waals surface area contributed by atoms with E-state index in [-0.39, 0.29) is 11.2 Å². The molecule has 3 aromatic rings. The Kier molecular flexibility index (Phi) is 5.21. The molecule has 4 heterocycles. The topological polar surface area (TPSA) is 90.8 Å². The molecule has 0 radical (unpaired) electrons. The smallest absolute Gasteiger partial charge is 0.332 e.